The second-order valence-corrected chi connectivity index (χ2v) is 4.89. The fraction of sp³-hybridized carbons (Fsp3) is 0.400. The highest BCUT2D eigenvalue weighted by Crippen LogP contribution is 2.24. The quantitative estimate of drug-likeness (QED) is 0.817. The minimum absolute atomic E-state index is 0.231. The van der Waals surface area contributed by atoms with Gasteiger partial charge in [0.1, 0.15) is 0 Å². The van der Waals surface area contributed by atoms with Gasteiger partial charge in [-0.15, -0.1) is 10.2 Å². The SMILES string of the molecule is CCOC(=O)c1nnc2ccccc2c1NCCN(C)C. The highest BCUT2D eigenvalue weighted by Gasteiger charge is 2.18. The number of hydrogen-bond donors (Lipinski definition) is 1. The van der Waals surface area contributed by atoms with Gasteiger partial charge in [-0.05, 0) is 27.1 Å². The predicted molar refractivity (Wildman–Crippen MR) is 82.5 cm³/mol. The molecule has 0 saturated heterocycles. The van der Waals surface area contributed by atoms with Gasteiger partial charge in [-0.2, -0.15) is 0 Å². The number of ether oxygens (including phenoxy) is 1. The molecule has 0 aliphatic carbocycles. The topological polar surface area (TPSA) is 67.3 Å². The number of hydrogen-bond acceptors (Lipinski definition) is 6. The smallest absolute Gasteiger partial charge is 0.361 e. The van der Waals surface area contributed by atoms with Crippen LogP contribution in [0.15, 0.2) is 24.3 Å². The van der Waals surface area contributed by atoms with Crippen LogP contribution in [-0.2, 0) is 4.74 Å². The molecule has 0 atom stereocenters. The first kappa shape index (κ1) is 15.2. The van der Waals surface area contributed by atoms with E-state index in [1.54, 1.807) is 6.92 Å². The van der Waals surface area contributed by atoms with E-state index in [0.29, 0.717) is 18.8 Å². The van der Waals surface area contributed by atoms with Gasteiger partial charge < -0.3 is 15.0 Å². The Morgan fingerprint density at radius 2 is 2.05 bits per heavy atom. The number of nitrogens with zero attached hydrogens (tertiary/aromatic N) is 3. The van der Waals surface area contributed by atoms with Crippen molar-refractivity contribution in [3.05, 3.63) is 30.0 Å². The normalized spacial score (nSPS) is 10.9. The second-order valence-electron chi connectivity index (χ2n) is 4.89. The molecule has 6 nitrogen and oxygen atoms in total. The molecule has 1 aromatic carbocycles. The number of nitrogens with one attached hydrogen (secondary N) is 1. The van der Waals surface area contributed by atoms with Gasteiger partial charge in [0, 0.05) is 18.5 Å². The maximum Gasteiger partial charge on any atom is 0.361 e. The van der Waals surface area contributed by atoms with Gasteiger partial charge in [0.05, 0.1) is 17.8 Å². The Hall–Kier alpha value is -2.21. The lowest BCUT2D eigenvalue weighted by Crippen LogP contribution is -2.22. The Morgan fingerprint density at radius 1 is 1.29 bits per heavy atom. The first-order chi connectivity index (χ1) is 10.1. The van der Waals surface area contributed by atoms with E-state index in [0.717, 1.165) is 17.4 Å². The average molecular weight is 288 g/mol. The fourth-order valence-corrected chi connectivity index (χ4v) is 1.98. The van der Waals surface area contributed by atoms with E-state index in [-0.39, 0.29) is 5.69 Å². The first-order valence-electron chi connectivity index (χ1n) is 6.94. The zero-order valence-electron chi connectivity index (χ0n) is 12.6. The van der Waals surface area contributed by atoms with Crippen molar-refractivity contribution in [2.24, 2.45) is 0 Å². The molecule has 0 spiro atoms. The number of carbonyl (C=O) groups is 1. The third kappa shape index (κ3) is 3.66. The van der Waals surface area contributed by atoms with E-state index in [1.807, 2.05) is 38.4 Å². The lowest BCUT2D eigenvalue weighted by atomic mass is 10.1. The lowest BCUT2D eigenvalue weighted by Gasteiger charge is -2.15. The minimum atomic E-state index is -0.455. The summed E-state index contributed by atoms with van der Waals surface area (Å²) >= 11 is 0. The molecule has 21 heavy (non-hydrogen) atoms. The molecular formula is C15H20N4O2. The van der Waals surface area contributed by atoms with Gasteiger partial charge in [0.25, 0.3) is 0 Å². The lowest BCUT2D eigenvalue weighted by molar-refractivity contribution is 0.0519. The average Bonchev–Trinajstić information content (AvgIpc) is 2.47. The first-order valence-corrected chi connectivity index (χ1v) is 6.94. The second kappa shape index (κ2) is 6.99. The summed E-state index contributed by atoms with van der Waals surface area (Å²) in [7, 11) is 3.99. The van der Waals surface area contributed by atoms with Gasteiger partial charge in [0.2, 0.25) is 0 Å². The molecule has 0 aliphatic rings. The van der Waals surface area contributed by atoms with E-state index < -0.39 is 5.97 Å². The van der Waals surface area contributed by atoms with Crippen LogP contribution < -0.4 is 5.32 Å². The number of rotatable bonds is 6. The Labute approximate surface area is 124 Å². The summed E-state index contributed by atoms with van der Waals surface area (Å²) in [5.74, 6) is -0.455. The van der Waals surface area contributed by atoms with Crippen molar-refractivity contribution >= 4 is 22.6 Å². The Morgan fingerprint density at radius 3 is 2.76 bits per heavy atom. The zero-order chi connectivity index (χ0) is 15.2. The fourth-order valence-electron chi connectivity index (χ4n) is 1.98. The third-order valence-electron chi connectivity index (χ3n) is 3.00. The van der Waals surface area contributed by atoms with Gasteiger partial charge in [0.15, 0.2) is 5.69 Å². The van der Waals surface area contributed by atoms with Crippen LogP contribution in [0, 0.1) is 0 Å². The predicted octanol–water partition coefficient (Wildman–Crippen LogP) is 1.78. The summed E-state index contributed by atoms with van der Waals surface area (Å²) in [5, 5.41) is 12.3. The van der Waals surface area contributed by atoms with E-state index in [1.165, 1.54) is 0 Å². The molecule has 0 unspecified atom stereocenters. The molecule has 0 fully saturated rings. The number of anilines is 1. The monoisotopic (exact) mass is 288 g/mol. The van der Waals surface area contributed by atoms with Crippen LogP contribution >= 0.6 is 0 Å². The molecule has 1 aromatic heterocycles. The molecule has 112 valence electrons. The number of benzene rings is 1. The molecule has 0 amide bonds. The van der Waals surface area contributed by atoms with Crippen molar-refractivity contribution in [1.29, 1.82) is 0 Å². The molecule has 0 saturated carbocycles. The number of likely N-dealkylation sites (N-methyl/N-ethyl adjacent to an activating group) is 1. The van der Waals surface area contributed by atoms with Crippen LogP contribution in [0.5, 0.6) is 0 Å². The van der Waals surface area contributed by atoms with Crippen molar-refractivity contribution in [3.8, 4) is 0 Å². The Balaban J connectivity index is 2.39. The summed E-state index contributed by atoms with van der Waals surface area (Å²) in [6.07, 6.45) is 0. The van der Waals surface area contributed by atoms with E-state index in [2.05, 4.69) is 20.4 Å². The van der Waals surface area contributed by atoms with Gasteiger partial charge in [-0.3, -0.25) is 0 Å². The molecule has 0 bridgehead atoms. The van der Waals surface area contributed by atoms with E-state index in [9.17, 15) is 4.79 Å². The van der Waals surface area contributed by atoms with Crippen LogP contribution in [0.4, 0.5) is 5.69 Å². The number of aromatic nitrogens is 2. The van der Waals surface area contributed by atoms with Crippen LogP contribution in [-0.4, -0.2) is 54.9 Å². The van der Waals surface area contributed by atoms with Gasteiger partial charge >= 0.3 is 5.97 Å². The highest BCUT2D eigenvalue weighted by atomic mass is 16.5. The van der Waals surface area contributed by atoms with Crippen molar-refractivity contribution in [1.82, 2.24) is 15.1 Å². The molecule has 2 aromatic rings. The standard InChI is InChI=1S/C15H20N4O2/c1-4-21-15(20)14-13(16-9-10-19(2)3)11-7-5-6-8-12(11)17-18-14/h5-8H,4,9-10H2,1-3H3,(H,16,17). The van der Waals surface area contributed by atoms with Crippen LogP contribution in [0.3, 0.4) is 0 Å². The summed E-state index contributed by atoms with van der Waals surface area (Å²) in [4.78, 5) is 14.1. The molecule has 6 heteroatoms. The summed E-state index contributed by atoms with van der Waals surface area (Å²) in [5.41, 5.74) is 1.66. The molecule has 0 radical (unpaired) electrons. The zero-order valence-corrected chi connectivity index (χ0v) is 12.6. The van der Waals surface area contributed by atoms with E-state index in [4.69, 9.17) is 4.74 Å². The highest BCUT2D eigenvalue weighted by molar-refractivity contribution is 6.03. The van der Waals surface area contributed by atoms with Crippen LogP contribution in [0.1, 0.15) is 17.4 Å². The maximum atomic E-state index is 12.0. The number of carbonyl (C=O) groups excluding carboxylic acids is 1. The molecular weight excluding hydrogens is 268 g/mol. The number of fused-ring (bicyclic) bond motifs is 1. The van der Waals surface area contributed by atoms with Crippen LogP contribution in [0.25, 0.3) is 10.9 Å². The van der Waals surface area contributed by atoms with Crippen molar-refractivity contribution < 1.29 is 9.53 Å². The maximum absolute atomic E-state index is 12.0. The third-order valence-corrected chi connectivity index (χ3v) is 3.00. The molecule has 1 N–H and O–H groups in total. The summed E-state index contributed by atoms with van der Waals surface area (Å²) in [6, 6.07) is 7.60. The van der Waals surface area contributed by atoms with Crippen molar-refractivity contribution in [2.45, 2.75) is 6.92 Å². The largest absolute Gasteiger partial charge is 0.461 e. The molecule has 1 heterocycles. The van der Waals surface area contributed by atoms with E-state index >= 15 is 0 Å². The van der Waals surface area contributed by atoms with Gasteiger partial charge in [-0.25, -0.2) is 4.79 Å². The summed E-state index contributed by atoms with van der Waals surface area (Å²) in [6.45, 7) is 3.63. The van der Waals surface area contributed by atoms with Crippen molar-refractivity contribution in [3.63, 3.8) is 0 Å². The van der Waals surface area contributed by atoms with Crippen molar-refractivity contribution in [2.75, 3.05) is 39.1 Å². The van der Waals surface area contributed by atoms with Gasteiger partial charge in [-0.1, -0.05) is 18.2 Å². The molecule has 2 rings (SSSR count). The Bertz CT molecular complexity index is 628. The number of esters is 1. The summed E-state index contributed by atoms with van der Waals surface area (Å²) < 4.78 is 5.05. The Kier molecular flexibility index (Phi) is 5.05. The van der Waals surface area contributed by atoms with Crippen LogP contribution in [0.2, 0.25) is 0 Å². The molecule has 0 aliphatic heterocycles. The minimum Gasteiger partial charge on any atom is -0.461 e.